The van der Waals surface area contributed by atoms with Crippen LogP contribution in [-0.2, 0) is 35.2 Å². The van der Waals surface area contributed by atoms with Crippen molar-refractivity contribution < 1.29 is 32.2 Å². The van der Waals surface area contributed by atoms with Crippen LogP contribution in [0.2, 0.25) is 0 Å². The Morgan fingerprint density at radius 1 is 1.02 bits per heavy atom. The first-order valence-electron chi connectivity index (χ1n) is 14.0. The van der Waals surface area contributed by atoms with Crippen molar-refractivity contribution in [1.82, 2.24) is 24.3 Å². The number of nitrogens with zero attached hydrogens (tertiary/aromatic N) is 6. The predicted molar refractivity (Wildman–Crippen MR) is 152 cm³/mol. The minimum absolute atomic E-state index is 0.00205. The normalized spacial score (nSPS) is 15.7. The zero-order valence-electron chi connectivity index (χ0n) is 24.0. The highest BCUT2D eigenvalue weighted by Gasteiger charge is 2.32. The third-order valence-electron chi connectivity index (χ3n) is 7.61. The molecule has 2 amide bonds. The van der Waals surface area contributed by atoms with Gasteiger partial charge in [-0.05, 0) is 36.2 Å². The number of alkyl halides is 3. The monoisotopic (exact) mass is 598 g/mol. The van der Waals surface area contributed by atoms with Gasteiger partial charge < -0.3 is 28.7 Å². The first-order chi connectivity index (χ1) is 20.6. The maximum Gasteiger partial charge on any atom is 0.419 e. The van der Waals surface area contributed by atoms with Gasteiger partial charge in [-0.25, -0.2) is 9.97 Å². The summed E-state index contributed by atoms with van der Waals surface area (Å²) in [6.45, 7) is 5.68. The maximum absolute atomic E-state index is 13.3. The maximum atomic E-state index is 13.3. The van der Waals surface area contributed by atoms with Crippen LogP contribution in [0, 0.1) is 6.92 Å². The molecule has 0 N–H and O–H groups in total. The van der Waals surface area contributed by atoms with Crippen LogP contribution in [0.25, 0.3) is 0 Å². The molecule has 4 heterocycles. The SMILES string of the molecule is COc1ccc(CN2CCn3c(CCO/C=C/C(=O)N4CCN(c5ncc(C(F)(F)F)cn5)CC4)cc(C)c3C2=O)cc1. The fraction of sp³-hybridized carbons (Fsp3) is 0.400. The van der Waals surface area contributed by atoms with Crippen molar-refractivity contribution in [3.8, 4) is 5.75 Å². The van der Waals surface area contributed by atoms with Gasteiger partial charge in [0, 0.05) is 76.4 Å². The fourth-order valence-corrected chi connectivity index (χ4v) is 5.27. The van der Waals surface area contributed by atoms with Gasteiger partial charge in [-0.15, -0.1) is 0 Å². The zero-order chi connectivity index (χ0) is 30.6. The number of fused-ring (bicyclic) bond motifs is 1. The quantitative estimate of drug-likeness (QED) is 0.211. The summed E-state index contributed by atoms with van der Waals surface area (Å²) < 4.78 is 51.1. The van der Waals surface area contributed by atoms with Crippen LogP contribution in [0.1, 0.15) is 32.9 Å². The topological polar surface area (TPSA) is 93.0 Å². The molecule has 3 aromatic rings. The van der Waals surface area contributed by atoms with E-state index in [1.807, 2.05) is 42.2 Å². The number of carbonyl (C=O) groups is 2. The number of halogens is 3. The predicted octanol–water partition coefficient (Wildman–Crippen LogP) is 3.69. The number of piperazine rings is 1. The summed E-state index contributed by atoms with van der Waals surface area (Å²) in [5, 5.41) is 0. The van der Waals surface area contributed by atoms with E-state index in [4.69, 9.17) is 9.47 Å². The molecule has 5 rings (SSSR count). The molecular formula is C30H33F3N6O4. The lowest BCUT2D eigenvalue weighted by molar-refractivity contribution is -0.138. The van der Waals surface area contributed by atoms with E-state index < -0.39 is 11.7 Å². The van der Waals surface area contributed by atoms with E-state index in [1.165, 1.54) is 12.3 Å². The Morgan fingerprint density at radius 3 is 2.37 bits per heavy atom. The number of ether oxygens (including phenoxy) is 2. The number of benzene rings is 1. The van der Waals surface area contributed by atoms with E-state index in [0.29, 0.717) is 64.5 Å². The van der Waals surface area contributed by atoms with Crippen LogP contribution in [0.4, 0.5) is 19.1 Å². The minimum Gasteiger partial charge on any atom is -0.501 e. The summed E-state index contributed by atoms with van der Waals surface area (Å²) in [6.07, 6.45) is 0.365. The van der Waals surface area contributed by atoms with Crippen LogP contribution in [-0.4, -0.2) is 82.6 Å². The van der Waals surface area contributed by atoms with E-state index in [9.17, 15) is 22.8 Å². The second kappa shape index (κ2) is 12.8. The van der Waals surface area contributed by atoms with Crippen LogP contribution < -0.4 is 9.64 Å². The standard InChI is InChI=1S/C30H33F3N6O4/c1-21-17-24(39-14-13-38(28(41)27(21)39)20-22-3-5-25(42-2)6-4-22)7-15-43-16-8-26(40)36-9-11-37(12-10-36)29-34-18-23(19-35-29)30(31,32)33/h3-6,8,16-19H,7,9-15,20H2,1-2H3/b16-8+. The molecule has 0 aliphatic carbocycles. The van der Waals surface area contributed by atoms with Crippen LogP contribution in [0.15, 0.2) is 55.1 Å². The second-order valence-corrected chi connectivity index (χ2v) is 10.4. The third kappa shape index (κ3) is 6.92. The smallest absolute Gasteiger partial charge is 0.419 e. The first-order valence-corrected chi connectivity index (χ1v) is 14.0. The average Bonchev–Trinajstić information content (AvgIpc) is 3.33. The second-order valence-electron chi connectivity index (χ2n) is 10.4. The Balaban J connectivity index is 1.07. The van der Waals surface area contributed by atoms with Gasteiger partial charge in [0.2, 0.25) is 11.9 Å². The van der Waals surface area contributed by atoms with Gasteiger partial charge in [-0.3, -0.25) is 9.59 Å². The van der Waals surface area contributed by atoms with Gasteiger partial charge in [0.05, 0.1) is 25.5 Å². The highest BCUT2D eigenvalue weighted by atomic mass is 19.4. The van der Waals surface area contributed by atoms with E-state index in [-0.39, 0.29) is 17.8 Å². The summed E-state index contributed by atoms with van der Waals surface area (Å²) in [7, 11) is 1.62. The number of rotatable bonds is 9. The van der Waals surface area contributed by atoms with E-state index >= 15 is 0 Å². The molecule has 13 heteroatoms. The van der Waals surface area contributed by atoms with Crippen molar-refractivity contribution in [2.24, 2.45) is 0 Å². The molecule has 228 valence electrons. The van der Waals surface area contributed by atoms with Crippen molar-refractivity contribution in [3.05, 3.63) is 83.1 Å². The zero-order valence-corrected chi connectivity index (χ0v) is 24.0. The Morgan fingerprint density at radius 2 is 1.72 bits per heavy atom. The average molecular weight is 599 g/mol. The molecule has 0 radical (unpaired) electrons. The Labute approximate surface area is 247 Å². The van der Waals surface area contributed by atoms with Crippen molar-refractivity contribution in [3.63, 3.8) is 0 Å². The summed E-state index contributed by atoms with van der Waals surface area (Å²) in [5.74, 6) is 0.764. The van der Waals surface area contributed by atoms with Gasteiger partial charge in [0.1, 0.15) is 11.4 Å². The minimum atomic E-state index is -4.49. The van der Waals surface area contributed by atoms with Gasteiger partial charge in [0.25, 0.3) is 5.91 Å². The van der Waals surface area contributed by atoms with Crippen LogP contribution >= 0.6 is 0 Å². The first kappa shape index (κ1) is 29.9. The summed E-state index contributed by atoms with van der Waals surface area (Å²) in [5.41, 5.74) is 2.76. The van der Waals surface area contributed by atoms with Crippen molar-refractivity contribution in [2.45, 2.75) is 32.6 Å². The van der Waals surface area contributed by atoms with Crippen LogP contribution in [0.3, 0.4) is 0 Å². The highest BCUT2D eigenvalue weighted by molar-refractivity contribution is 5.95. The molecule has 1 saturated heterocycles. The summed E-state index contributed by atoms with van der Waals surface area (Å²) in [4.78, 5) is 38.7. The molecule has 2 aromatic heterocycles. The molecular weight excluding hydrogens is 565 g/mol. The van der Waals surface area contributed by atoms with Crippen LogP contribution in [0.5, 0.6) is 5.75 Å². The summed E-state index contributed by atoms with van der Waals surface area (Å²) >= 11 is 0. The highest BCUT2D eigenvalue weighted by Crippen LogP contribution is 2.28. The number of anilines is 1. The lowest BCUT2D eigenvalue weighted by atomic mass is 10.1. The van der Waals surface area contributed by atoms with E-state index in [1.54, 1.807) is 16.9 Å². The fourth-order valence-electron chi connectivity index (χ4n) is 5.27. The van der Waals surface area contributed by atoms with Gasteiger partial charge in [-0.1, -0.05) is 12.1 Å². The van der Waals surface area contributed by atoms with Gasteiger partial charge in [-0.2, -0.15) is 13.2 Å². The number of aryl methyl sites for hydroxylation is 1. The molecule has 0 atom stereocenters. The Hall–Kier alpha value is -4.55. The molecule has 43 heavy (non-hydrogen) atoms. The molecule has 2 aliphatic heterocycles. The Bertz CT molecular complexity index is 1460. The Kier molecular flexibility index (Phi) is 8.88. The van der Waals surface area contributed by atoms with Gasteiger partial charge in [0.15, 0.2) is 0 Å². The molecule has 0 unspecified atom stereocenters. The molecule has 0 bridgehead atoms. The largest absolute Gasteiger partial charge is 0.501 e. The molecule has 2 aliphatic rings. The number of carbonyl (C=O) groups excluding carboxylic acids is 2. The molecule has 0 saturated carbocycles. The van der Waals surface area contributed by atoms with Crippen molar-refractivity contribution in [2.75, 3.05) is 51.3 Å². The lowest BCUT2D eigenvalue weighted by Crippen LogP contribution is -2.48. The van der Waals surface area contributed by atoms with Crippen molar-refractivity contribution in [1.29, 1.82) is 0 Å². The number of aromatic nitrogens is 3. The van der Waals surface area contributed by atoms with E-state index in [2.05, 4.69) is 14.5 Å². The lowest BCUT2D eigenvalue weighted by Gasteiger charge is -2.34. The summed E-state index contributed by atoms with van der Waals surface area (Å²) in [6, 6.07) is 9.72. The van der Waals surface area contributed by atoms with Gasteiger partial charge >= 0.3 is 6.18 Å². The molecule has 0 spiro atoms. The number of methoxy groups -OCH3 is 1. The van der Waals surface area contributed by atoms with E-state index in [0.717, 1.165) is 35.0 Å². The van der Waals surface area contributed by atoms with Crippen molar-refractivity contribution >= 4 is 17.8 Å². The third-order valence-corrected chi connectivity index (χ3v) is 7.61. The number of hydrogen-bond acceptors (Lipinski definition) is 7. The molecule has 1 aromatic carbocycles. The number of amides is 2. The molecule has 10 nitrogen and oxygen atoms in total. The molecule has 1 fully saturated rings. The number of hydrogen-bond donors (Lipinski definition) is 0.